The molecule has 0 aliphatic carbocycles. The second-order valence-electron chi connectivity index (χ2n) is 4.29. The molecule has 6 heteroatoms. The summed E-state index contributed by atoms with van der Waals surface area (Å²) in [4.78, 5) is 11.9. The summed E-state index contributed by atoms with van der Waals surface area (Å²) in [6.45, 7) is 0.557. The van der Waals surface area contributed by atoms with E-state index in [4.69, 9.17) is 4.74 Å². The molecule has 3 nitrogen and oxygen atoms in total. The first-order valence-corrected chi connectivity index (χ1v) is 8.51. The van der Waals surface area contributed by atoms with E-state index in [0.29, 0.717) is 12.1 Å². The molecule has 0 saturated heterocycles. The molecule has 112 valence electrons. The summed E-state index contributed by atoms with van der Waals surface area (Å²) in [5.41, 5.74) is 1.60. The topological polar surface area (TPSA) is 38.3 Å². The fourth-order valence-corrected chi connectivity index (χ4v) is 3.29. The quantitative estimate of drug-likeness (QED) is 0.791. The zero-order valence-corrected chi connectivity index (χ0v) is 13.2. The minimum atomic E-state index is -0.531. The van der Waals surface area contributed by atoms with Crippen LogP contribution in [-0.2, 0) is 5.75 Å². The lowest BCUT2D eigenvalue weighted by Crippen LogP contribution is -2.25. The zero-order valence-electron chi connectivity index (χ0n) is 11.6. The Balaban J connectivity index is 1.73. The van der Waals surface area contributed by atoms with Crippen LogP contribution in [-0.4, -0.2) is 25.3 Å². The second kappa shape index (κ2) is 8.05. The number of hydrogen-bond donors (Lipinski definition) is 1. The fourth-order valence-electron chi connectivity index (χ4n) is 1.71. The summed E-state index contributed by atoms with van der Waals surface area (Å²) in [7, 11) is 1.39. The molecule has 0 unspecified atom stereocenters. The van der Waals surface area contributed by atoms with Crippen molar-refractivity contribution in [1.29, 1.82) is 0 Å². The summed E-state index contributed by atoms with van der Waals surface area (Å²) >= 11 is 3.44. The third kappa shape index (κ3) is 4.75. The van der Waals surface area contributed by atoms with Gasteiger partial charge in [-0.1, -0.05) is 0 Å². The number of benzene rings is 1. The Morgan fingerprint density at radius 2 is 2.29 bits per heavy atom. The Morgan fingerprint density at radius 1 is 1.43 bits per heavy atom. The highest BCUT2D eigenvalue weighted by molar-refractivity contribution is 7.98. The lowest BCUT2D eigenvalue weighted by atomic mass is 10.2. The number of carbonyl (C=O) groups excluding carboxylic acids is 1. The zero-order chi connectivity index (χ0) is 15.1. The lowest BCUT2D eigenvalue weighted by Gasteiger charge is -2.07. The van der Waals surface area contributed by atoms with Crippen molar-refractivity contribution in [3.8, 4) is 5.75 Å². The van der Waals surface area contributed by atoms with Gasteiger partial charge in [-0.3, -0.25) is 4.79 Å². The van der Waals surface area contributed by atoms with E-state index in [1.807, 2.05) is 0 Å². The maximum Gasteiger partial charge on any atom is 0.251 e. The molecule has 0 atom stereocenters. The van der Waals surface area contributed by atoms with E-state index in [9.17, 15) is 9.18 Å². The van der Waals surface area contributed by atoms with Crippen molar-refractivity contribution in [1.82, 2.24) is 5.32 Å². The first-order valence-electron chi connectivity index (χ1n) is 6.41. The number of rotatable bonds is 7. The van der Waals surface area contributed by atoms with E-state index in [-0.39, 0.29) is 11.7 Å². The Kier molecular flexibility index (Phi) is 6.07. The highest BCUT2D eigenvalue weighted by Crippen LogP contribution is 2.17. The smallest absolute Gasteiger partial charge is 0.251 e. The number of nitrogens with one attached hydrogen (secondary N) is 1. The Labute approximate surface area is 131 Å². The molecule has 0 fully saturated rings. The van der Waals surface area contributed by atoms with Crippen LogP contribution in [0.25, 0.3) is 0 Å². The molecule has 1 aromatic heterocycles. The maximum atomic E-state index is 13.5. The van der Waals surface area contributed by atoms with Gasteiger partial charge in [-0.05, 0) is 40.6 Å². The van der Waals surface area contributed by atoms with Gasteiger partial charge < -0.3 is 10.1 Å². The van der Waals surface area contributed by atoms with Crippen LogP contribution in [0, 0.1) is 5.82 Å². The normalized spacial score (nSPS) is 10.4. The van der Waals surface area contributed by atoms with Gasteiger partial charge >= 0.3 is 0 Å². The molecule has 0 radical (unpaired) electrons. The summed E-state index contributed by atoms with van der Waals surface area (Å²) in [6.07, 6.45) is 0. The van der Waals surface area contributed by atoms with Crippen molar-refractivity contribution in [2.75, 3.05) is 19.4 Å². The van der Waals surface area contributed by atoms with E-state index in [1.165, 1.54) is 24.8 Å². The first kappa shape index (κ1) is 15.9. The molecular formula is C15H16FNO2S2. The number of methoxy groups -OCH3 is 1. The van der Waals surface area contributed by atoms with Crippen molar-refractivity contribution in [2.24, 2.45) is 0 Å². The number of amides is 1. The van der Waals surface area contributed by atoms with Gasteiger partial charge in [0.1, 0.15) is 0 Å². The third-order valence-corrected chi connectivity index (χ3v) is 4.56. The van der Waals surface area contributed by atoms with Gasteiger partial charge in [0.25, 0.3) is 5.91 Å². The Bertz CT molecular complexity index is 587. The van der Waals surface area contributed by atoms with Crippen LogP contribution in [0.1, 0.15) is 15.9 Å². The molecule has 1 amide bonds. The van der Waals surface area contributed by atoms with Gasteiger partial charge in [-0.25, -0.2) is 4.39 Å². The predicted octanol–water partition coefficient (Wildman–Crippen LogP) is 3.56. The van der Waals surface area contributed by atoms with Crippen LogP contribution >= 0.6 is 23.1 Å². The molecule has 0 aliphatic rings. The maximum absolute atomic E-state index is 13.5. The molecule has 2 rings (SSSR count). The predicted molar refractivity (Wildman–Crippen MR) is 85.8 cm³/mol. The molecule has 1 aromatic carbocycles. The average molecular weight is 325 g/mol. The van der Waals surface area contributed by atoms with Crippen molar-refractivity contribution in [2.45, 2.75) is 5.75 Å². The Hall–Kier alpha value is -1.53. The number of hydrogen-bond acceptors (Lipinski definition) is 4. The van der Waals surface area contributed by atoms with E-state index in [1.54, 1.807) is 29.2 Å². The van der Waals surface area contributed by atoms with Crippen molar-refractivity contribution in [3.63, 3.8) is 0 Å². The summed E-state index contributed by atoms with van der Waals surface area (Å²) in [5.74, 6) is 1.10. The fraction of sp³-hybridized carbons (Fsp3) is 0.267. The van der Waals surface area contributed by atoms with Crippen LogP contribution in [0.15, 0.2) is 35.0 Å². The highest BCUT2D eigenvalue weighted by Gasteiger charge is 2.09. The third-order valence-electron chi connectivity index (χ3n) is 2.79. The molecule has 21 heavy (non-hydrogen) atoms. The van der Waals surface area contributed by atoms with Crippen LogP contribution in [0.5, 0.6) is 5.75 Å². The molecule has 0 saturated carbocycles. The van der Waals surface area contributed by atoms with Crippen LogP contribution < -0.4 is 10.1 Å². The monoisotopic (exact) mass is 325 g/mol. The molecule has 0 spiro atoms. The average Bonchev–Trinajstić information content (AvgIpc) is 3.00. The molecule has 0 aliphatic heterocycles. The molecular weight excluding hydrogens is 309 g/mol. The number of thioether (sulfide) groups is 1. The van der Waals surface area contributed by atoms with Crippen molar-refractivity contribution in [3.05, 3.63) is 52.0 Å². The largest absolute Gasteiger partial charge is 0.494 e. The van der Waals surface area contributed by atoms with Crippen LogP contribution in [0.3, 0.4) is 0 Å². The number of halogens is 1. The summed E-state index contributed by atoms with van der Waals surface area (Å²) in [6, 6.07) is 6.29. The SMILES string of the molecule is COc1ccc(C(=O)NCCSCc2ccsc2)cc1F. The van der Waals surface area contributed by atoms with Gasteiger partial charge in [0.2, 0.25) is 0 Å². The van der Waals surface area contributed by atoms with E-state index in [0.717, 1.165) is 11.5 Å². The van der Waals surface area contributed by atoms with Crippen LogP contribution in [0.2, 0.25) is 0 Å². The van der Waals surface area contributed by atoms with Crippen LogP contribution in [0.4, 0.5) is 4.39 Å². The van der Waals surface area contributed by atoms with Gasteiger partial charge in [0, 0.05) is 23.6 Å². The van der Waals surface area contributed by atoms with E-state index in [2.05, 4.69) is 22.1 Å². The number of carbonyl (C=O) groups is 1. The molecule has 1 heterocycles. The van der Waals surface area contributed by atoms with Gasteiger partial charge in [0.15, 0.2) is 11.6 Å². The minimum absolute atomic E-state index is 0.137. The van der Waals surface area contributed by atoms with E-state index >= 15 is 0 Å². The van der Waals surface area contributed by atoms with Gasteiger partial charge in [0.05, 0.1) is 7.11 Å². The van der Waals surface area contributed by atoms with Gasteiger partial charge in [-0.15, -0.1) is 0 Å². The first-order chi connectivity index (χ1) is 10.2. The summed E-state index contributed by atoms with van der Waals surface area (Å²) in [5, 5.41) is 6.95. The summed E-state index contributed by atoms with van der Waals surface area (Å²) < 4.78 is 18.3. The van der Waals surface area contributed by atoms with E-state index < -0.39 is 5.82 Å². The lowest BCUT2D eigenvalue weighted by molar-refractivity contribution is 0.0955. The standard InChI is InChI=1S/C15H16FNO2S2/c1-19-14-3-2-12(8-13(14)16)15(18)17-5-7-21-10-11-4-6-20-9-11/h2-4,6,8-9H,5,7,10H2,1H3,(H,17,18). The molecule has 1 N–H and O–H groups in total. The number of thiophene rings is 1. The number of ether oxygens (including phenoxy) is 1. The Morgan fingerprint density at radius 3 is 2.95 bits per heavy atom. The van der Waals surface area contributed by atoms with Gasteiger partial charge in [-0.2, -0.15) is 23.1 Å². The highest BCUT2D eigenvalue weighted by atomic mass is 32.2. The van der Waals surface area contributed by atoms with Crippen molar-refractivity contribution < 1.29 is 13.9 Å². The minimum Gasteiger partial charge on any atom is -0.494 e. The van der Waals surface area contributed by atoms with Crippen molar-refractivity contribution >= 4 is 29.0 Å². The molecule has 2 aromatic rings. The second-order valence-corrected chi connectivity index (χ2v) is 6.17. The molecule has 0 bridgehead atoms.